The van der Waals surface area contributed by atoms with E-state index in [-0.39, 0.29) is 0 Å². The molecule has 0 saturated heterocycles. The summed E-state index contributed by atoms with van der Waals surface area (Å²) in [5, 5.41) is 8.03. The topological polar surface area (TPSA) is 39.1 Å². The highest BCUT2D eigenvalue weighted by Gasteiger charge is 2.23. The van der Waals surface area contributed by atoms with Gasteiger partial charge in [-0.25, -0.2) is 0 Å². The molecular formula is C16H21N3O. The summed E-state index contributed by atoms with van der Waals surface area (Å²) in [7, 11) is 3.73. The minimum absolute atomic E-state index is 0.361. The summed E-state index contributed by atoms with van der Waals surface area (Å²) in [5.74, 6) is 0.932. The van der Waals surface area contributed by atoms with E-state index >= 15 is 0 Å². The number of benzene rings is 1. The van der Waals surface area contributed by atoms with Gasteiger partial charge < -0.3 is 10.1 Å². The molecule has 1 heterocycles. The van der Waals surface area contributed by atoms with E-state index in [0.29, 0.717) is 6.04 Å². The number of anilines is 1. The van der Waals surface area contributed by atoms with Crippen LogP contribution in [0.5, 0.6) is 5.75 Å². The fourth-order valence-corrected chi connectivity index (χ4v) is 3.03. The maximum atomic E-state index is 5.31. The number of methoxy groups -OCH3 is 1. The van der Waals surface area contributed by atoms with Gasteiger partial charge in [-0.2, -0.15) is 5.10 Å². The van der Waals surface area contributed by atoms with Crippen molar-refractivity contribution in [3.8, 4) is 5.75 Å². The van der Waals surface area contributed by atoms with E-state index in [0.717, 1.165) is 29.8 Å². The van der Waals surface area contributed by atoms with Crippen LogP contribution in [-0.2, 0) is 13.5 Å². The lowest BCUT2D eigenvalue weighted by atomic mass is 9.92. The van der Waals surface area contributed by atoms with Crippen molar-refractivity contribution in [2.24, 2.45) is 7.05 Å². The summed E-state index contributed by atoms with van der Waals surface area (Å²) in [6.45, 7) is 2.07. The first-order valence-corrected chi connectivity index (χ1v) is 7.11. The summed E-state index contributed by atoms with van der Waals surface area (Å²) >= 11 is 0. The molecule has 1 atom stereocenters. The molecule has 0 saturated carbocycles. The monoisotopic (exact) mass is 271 g/mol. The first-order chi connectivity index (χ1) is 9.69. The standard InChI is InChI=1S/C16H21N3O/c1-11-9-12(7-8-16(11)20-3)18-14-5-4-6-15-13(14)10-17-19(15)2/h7-10,14,18H,4-6H2,1-3H3. The molecule has 0 aliphatic heterocycles. The Balaban J connectivity index is 1.84. The third-order valence-electron chi connectivity index (χ3n) is 4.11. The quantitative estimate of drug-likeness (QED) is 0.931. The van der Waals surface area contributed by atoms with Gasteiger partial charge in [-0.1, -0.05) is 0 Å². The molecule has 1 aromatic heterocycles. The number of ether oxygens (including phenoxy) is 1. The lowest BCUT2D eigenvalue weighted by Crippen LogP contribution is -2.17. The largest absolute Gasteiger partial charge is 0.496 e. The van der Waals surface area contributed by atoms with Crippen molar-refractivity contribution in [3.05, 3.63) is 41.2 Å². The van der Waals surface area contributed by atoms with E-state index in [9.17, 15) is 0 Å². The van der Waals surface area contributed by atoms with Crippen LogP contribution < -0.4 is 10.1 Å². The normalized spacial score (nSPS) is 17.6. The fraction of sp³-hybridized carbons (Fsp3) is 0.438. The number of fused-ring (bicyclic) bond motifs is 1. The molecule has 1 N–H and O–H groups in total. The van der Waals surface area contributed by atoms with Crippen LogP contribution in [0.15, 0.2) is 24.4 Å². The van der Waals surface area contributed by atoms with E-state index in [4.69, 9.17) is 4.74 Å². The molecule has 0 radical (unpaired) electrons. The maximum absolute atomic E-state index is 5.31. The minimum atomic E-state index is 0.361. The zero-order chi connectivity index (χ0) is 14.1. The first-order valence-electron chi connectivity index (χ1n) is 7.11. The summed E-state index contributed by atoms with van der Waals surface area (Å²) in [4.78, 5) is 0. The molecule has 106 valence electrons. The van der Waals surface area contributed by atoms with E-state index in [1.807, 2.05) is 24.0 Å². The van der Waals surface area contributed by atoms with E-state index in [1.165, 1.54) is 17.7 Å². The highest BCUT2D eigenvalue weighted by Crippen LogP contribution is 2.33. The molecule has 20 heavy (non-hydrogen) atoms. The molecule has 4 nitrogen and oxygen atoms in total. The minimum Gasteiger partial charge on any atom is -0.496 e. The molecular weight excluding hydrogens is 250 g/mol. The number of aromatic nitrogens is 2. The Morgan fingerprint density at radius 2 is 2.25 bits per heavy atom. The Bertz CT molecular complexity index is 618. The molecule has 1 aliphatic carbocycles. The van der Waals surface area contributed by atoms with Gasteiger partial charge in [0.2, 0.25) is 0 Å². The predicted molar refractivity (Wildman–Crippen MR) is 80.2 cm³/mol. The predicted octanol–water partition coefficient (Wildman–Crippen LogP) is 3.23. The highest BCUT2D eigenvalue weighted by molar-refractivity contribution is 5.52. The van der Waals surface area contributed by atoms with Gasteiger partial charge in [0, 0.05) is 24.0 Å². The molecule has 2 aromatic rings. The van der Waals surface area contributed by atoms with E-state index < -0.39 is 0 Å². The molecule has 4 heteroatoms. The fourth-order valence-electron chi connectivity index (χ4n) is 3.03. The van der Waals surface area contributed by atoms with E-state index in [1.54, 1.807) is 7.11 Å². The number of nitrogens with one attached hydrogen (secondary N) is 1. The highest BCUT2D eigenvalue weighted by atomic mass is 16.5. The van der Waals surface area contributed by atoms with Gasteiger partial charge in [-0.3, -0.25) is 4.68 Å². The molecule has 1 aromatic carbocycles. The lowest BCUT2D eigenvalue weighted by Gasteiger charge is -2.25. The average molecular weight is 271 g/mol. The van der Waals surface area contributed by atoms with Crippen LogP contribution in [0.4, 0.5) is 5.69 Å². The van der Waals surface area contributed by atoms with Crippen LogP contribution in [0, 0.1) is 6.92 Å². The molecule has 0 fully saturated rings. The number of nitrogens with zero attached hydrogens (tertiary/aromatic N) is 2. The van der Waals surface area contributed by atoms with Crippen LogP contribution in [-0.4, -0.2) is 16.9 Å². The average Bonchev–Trinajstić information content (AvgIpc) is 2.82. The van der Waals surface area contributed by atoms with Crippen LogP contribution >= 0.6 is 0 Å². The zero-order valence-corrected chi connectivity index (χ0v) is 12.3. The molecule has 1 unspecified atom stereocenters. The Morgan fingerprint density at radius 1 is 1.40 bits per heavy atom. The molecule has 0 bridgehead atoms. The van der Waals surface area contributed by atoms with Gasteiger partial charge in [0.25, 0.3) is 0 Å². The van der Waals surface area contributed by atoms with Gasteiger partial charge >= 0.3 is 0 Å². The van der Waals surface area contributed by atoms with Gasteiger partial charge in [0.15, 0.2) is 0 Å². The Labute approximate surface area is 119 Å². The maximum Gasteiger partial charge on any atom is 0.121 e. The van der Waals surface area contributed by atoms with Crippen molar-refractivity contribution >= 4 is 5.69 Å². The summed E-state index contributed by atoms with van der Waals surface area (Å²) < 4.78 is 7.31. The van der Waals surface area contributed by atoms with Crippen molar-refractivity contribution in [1.82, 2.24) is 9.78 Å². The number of hydrogen-bond acceptors (Lipinski definition) is 3. The van der Waals surface area contributed by atoms with Crippen LogP contribution in [0.2, 0.25) is 0 Å². The first kappa shape index (κ1) is 13.0. The second-order valence-corrected chi connectivity index (χ2v) is 5.44. The smallest absolute Gasteiger partial charge is 0.121 e. The second kappa shape index (κ2) is 5.19. The van der Waals surface area contributed by atoms with Gasteiger partial charge in [0.05, 0.1) is 19.3 Å². The van der Waals surface area contributed by atoms with Crippen LogP contribution in [0.3, 0.4) is 0 Å². The van der Waals surface area contributed by atoms with Crippen molar-refractivity contribution in [2.75, 3.05) is 12.4 Å². The van der Waals surface area contributed by atoms with Crippen molar-refractivity contribution in [3.63, 3.8) is 0 Å². The molecule has 1 aliphatic rings. The number of hydrogen-bond donors (Lipinski definition) is 1. The lowest BCUT2D eigenvalue weighted by molar-refractivity contribution is 0.411. The second-order valence-electron chi connectivity index (χ2n) is 5.44. The van der Waals surface area contributed by atoms with Gasteiger partial charge in [-0.05, 0) is 49.9 Å². The number of aryl methyl sites for hydroxylation is 2. The summed E-state index contributed by atoms with van der Waals surface area (Å²) in [5.41, 5.74) is 5.00. The Kier molecular flexibility index (Phi) is 3.38. The Morgan fingerprint density at radius 3 is 3.00 bits per heavy atom. The van der Waals surface area contributed by atoms with Gasteiger partial charge in [0.1, 0.15) is 5.75 Å². The third-order valence-corrected chi connectivity index (χ3v) is 4.11. The van der Waals surface area contributed by atoms with Crippen LogP contribution in [0.1, 0.15) is 35.7 Å². The number of rotatable bonds is 3. The van der Waals surface area contributed by atoms with Crippen molar-refractivity contribution in [1.29, 1.82) is 0 Å². The zero-order valence-electron chi connectivity index (χ0n) is 12.3. The van der Waals surface area contributed by atoms with Crippen LogP contribution in [0.25, 0.3) is 0 Å². The molecule has 0 amide bonds. The van der Waals surface area contributed by atoms with Crippen molar-refractivity contribution < 1.29 is 4.74 Å². The van der Waals surface area contributed by atoms with Gasteiger partial charge in [-0.15, -0.1) is 0 Å². The third kappa shape index (κ3) is 2.26. The SMILES string of the molecule is COc1ccc(NC2CCCc3c2cnn3C)cc1C. The Hall–Kier alpha value is -1.97. The molecule has 3 rings (SSSR count). The van der Waals surface area contributed by atoms with E-state index in [2.05, 4.69) is 29.5 Å². The van der Waals surface area contributed by atoms with Crippen molar-refractivity contribution in [2.45, 2.75) is 32.2 Å². The molecule has 0 spiro atoms. The summed E-state index contributed by atoms with van der Waals surface area (Å²) in [6.07, 6.45) is 5.50. The summed E-state index contributed by atoms with van der Waals surface area (Å²) in [6, 6.07) is 6.60.